The van der Waals surface area contributed by atoms with Gasteiger partial charge in [0.2, 0.25) is 0 Å². The van der Waals surface area contributed by atoms with E-state index in [4.69, 9.17) is 14.2 Å². The summed E-state index contributed by atoms with van der Waals surface area (Å²) in [5.41, 5.74) is 0. The highest BCUT2D eigenvalue weighted by molar-refractivity contribution is 5.70. The normalized spacial score (nSPS) is 12.9. The van der Waals surface area contributed by atoms with Gasteiger partial charge in [0.25, 0.3) is 0 Å². The molecule has 0 aromatic heterocycles. The van der Waals surface area contributed by atoms with E-state index < -0.39 is 6.10 Å². The van der Waals surface area contributed by atoms with E-state index in [2.05, 4.69) is 106 Å². The molecule has 1 unspecified atom stereocenters. The number of esters is 2. The van der Waals surface area contributed by atoms with Crippen LogP contribution in [0.5, 0.6) is 0 Å². The summed E-state index contributed by atoms with van der Waals surface area (Å²) in [6.45, 7) is 7.63. The number of unbranched alkanes of at least 4 members (excludes halogenated alkanes) is 22. The van der Waals surface area contributed by atoms with Crippen molar-refractivity contribution in [2.75, 3.05) is 19.8 Å². The molecule has 0 aliphatic carbocycles. The van der Waals surface area contributed by atoms with Crippen molar-refractivity contribution in [2.24, 2.45) is 0 Å². The fraction of sp³-hybridized carbons (Fsp3) is 0.719. The lowest BCUT2D eigenvalue weighted by atomic mass is 10.1. The summed E-state index contributed by atoms with van der Waals surface area (Å²) in [4.78, 5) is 25.3. The standard InChI is InChI=1S/C57H98O5/c1-4-7-10-13-16-19-21-23-25-27-29-30-32-34-36-39-41-44-47-50-56(58)61-54-55(62-57(59)51-48-45-42-38-18-15-12-9-6-3)53-60-52-49-46-43-40-37-35-33-31-28-26-24-22-20-17-14-11-8-5-2/h7,10,16-17,19-20,23-26,29-30,34,36,55H,4-6,8-9,11-15,18,21-22,27-28,31-33,35,37-54H2,1-3H3/b10-7-,19-16-,20-17-,25-23-,26-24-,30-29-,36-34-. The molecule has 0 fully saturated rings. The molecule has 62 heavy (non-hydrogen) atoms. The van der Waals surface area contributed by atoms with Crippen molar-refractivity contribution in [2.45, 2.75) is 245 Å². The molecule has 0 N–H and O–H groups in total. The molecule has 0 bridgehead atoms. The van der Waals surface area contributed by atoms with Crippen molar-refractivity contribution in [1.82, 2.24) is 0 Å². The Kier molecular flexibility index (Phi) is 50.0. The molecule has 0 amide bonds. The Labute approximate surface area is 384 Å². The Morgan fingerprint density at radius 1 is 0.371 bits per heavy atom. The minimum atomic E-state index is -0.554. The molecule has 5 nitrogen and oxygen atoms in total. The molecule has 5 heteroatoms. The van der Waals surface area contributed by atoms with Crippen LogP contribution in [0.25, 0.3) is 0 Å². The molecule has 0 saturated heterocycles. The summed E-state index contributed by atoms with van der Waals surface area (Å²) < 4.78 is 17.4. The molecule has 0 aromatic carbocycles. The van der Waals surface area contributed by atoms with Crippen LogP contribution in [0.15, 0.2) is 85.1 Å². The van der Waals surface area contributed by atoms with Crippen molar-refractivity contribution in [1.29, 1.82) is 0 Å². The number of ether oxygens (including phenoxy) is 3. The second-order valence-corrected chi connectivity index (χ2v) is 17.0. The predicted molar refractivity (Wildman–Crippen MR) is 270 cm³/mol. The summed E-state index contributed by atoms with van der Waals surface area (Å²) in [5, 5.41) is 0. The summed E-state index contributed by atoms with van der Waals surface area (Å²) in [6.07, 6.45) is 68.8. The first-order valence-electron chi connectivity index (χ1n) is 26.1. The summed E-state index contributed by atoms with van der Waals surface area (Å²) in [7, 11) is 0. The van der Waals surface area contributed by atoms with Gasteiger partial charge in [0.05, 0.1) is 6.61 Å². The van der Waals surface area contributed by atoms with E-state index in [0.717, 1.165) is 89.9 Å². The highest BCUT2D eigenvalue weighted by Gasteiger charge is 2.17. The fourth-order valence-corrected chi connectivity index (χ4v) is 7.04. The van der Waals surface area contributed by atoms with Crippen LogP contribution in [0, 0.1) is 0 Å². The Morgan fingerprint density at radius 2 is 0.726 bits per heavy atom. The number of rotatable bonds is 47. The molecule has 0 radical (unpaired) electrons. The maximum Gasteiger partial charge on any atom is 0.306 e. The molecule has 1 atom stereocenters. The number of hydrogen-bond donors (Lipinski definition) is 0. The average Bonchev–Trinajstić information content (AvgIpc) is 3.27. The van der Waals surface area contributed by atoms with E-state index >= 15 is 0 Å². The van der Waals surface area contributed by atoms with Gasteiger partial charge in [0.1, 0.15) is 6.61 Å². The van der Waals surface area contributed by atoms with Crippen LogP contribution in [0.2, 0.25) is 0 Å². The van der Waals surface area contributed by atoms with Gasteiger partial charge in [0.15, 0.2) is 6.10 Å². The average molecular weight is 863 g/mol. The van der Waals surface area contributed by atoms with Crippen LogP contribution in [-0.4, -0.2) is 37.9 Å². The number of allylic oxidation sites excluding steroid dienone is 14. The van der Waals surface area contributed by atoms with E-state index in [1.807, 2.05) is 0 Å². The van der Waals surface area contributed by atoms with E-state index in [9.17, 15) is 9.59 Å². The van der Waals surface area contributed by atoms with E-state index in [1.165, 1.54) is 116 Å². The third-order valence-corrected chi connectivity index (χ3v) is 10.9. The van der Waals surface area contributed by atoms with Crippen LogP contribution in [0.3, 0.4) is 0 Å². The third-order valence-electron chi connectivity index (χ3n) is 10.9. The predicted octanol–water partition coefficient (Wildman–Crippen LogP) is 17.7. The smallest absolute Gasteiger partial charge is 0.306 e. The first-order valence-corrected chi connectivity index (χ1v) is 26.1. The Hall–Kier alpha value is -2.92. The molecular formula is C57H98O5. The molecule has 0 heterocycles. The summed E-state index contributed by atoms with van der Waals surface area (Å²) in [6, 6.07) is 0. The number of carbonyl (C=O) groups is 2. The maximum absolute atomic E-state index is 12.7. The second kappa shape index (κ2) is 52.4. The van der Waals surface area contributed by atoms with Gasteiger partial charge in [-0.15, -0.1) is 0 Å². The molecule has 0 aromatic rings. The van der Waals surface area contributed by atoms with E-state index in [-0.39, 0.29) is 25.2 Å². The molecule has 0 saturated carbocycles. The Balaban J connectivity index is 4.26. The van der Waals surface area contributed by atoms with Crippen molar-refractivity contribution in [3.63, 3.8) is 0 Å². The topological polar surface area (TPSA) is 61.8 Å². The van der Waals surface area contributed by atoms with Crippen LogP contribution >= 0.6 is 0 Å². The highest BCUT2D eigenvalue weighted by atomic mass is 16.6. The Morgan fingerprint density at radius 3 is 1.21 bits per heavy atom. The lowest BCUT2D eigenvalue weighted by molar-refractivity contribution is -0.163. The first kappa shape index (κ1) is 59.1. The van der Waals surface area contributed by atoms with Gasteiger partial charge < -0.3 is 14.2 Å². The second-order valence-electron chi connectivity index (χ2n) is 17.0. The zero-order chi connectivity index (χ0) is 44.9. The number of carbonyl (C=O) groups excluding carboxylic acids is 2. The van der Waals surface area contributed by atoms with Crippen LogP contribution in [-0.2, 0) is 23.8 Å². The van der Waals surface area contributed by atoms with Crippen LogP contribution in [0.1, 0.15) is 239 Å². The molecular weight excluding hydrogens is 765 g/mol. The minimum absolute atomic E-state index is 0.0638. The largest absolute Gasteiger partial charge is 0.462 e. The molecule has 356 valence electrons. The van der Waals surface area contributed by atoms with Crippen LogP contribution in [0.4, 0.5) is 0 Å². The highest BCUT2D eigenvalue weighted by Crippen LogP contribution is 2.14. The van der Waals surface area contributed by atoms with Crippen molar-refractivity contribution in [3.8, 4) is 0 Å². The molecule has 0 spiro atoms. The molecule has 0 aliphatic heterocycles. The van der Waals surface area contributed by atoms with Gasteiger partial charge in [-0.1, -0.05) is 215 Å². The zero-order valence-electron chi connectivity index (χ0n) is 40.9. The molecule has 0 aliphatic rings. The third kappa shape index (κ3) is 49.7. The van der Waals surface area contributed by atoms with Gasteiger partial charge in [-0.05, 0) is 96.3 Å². The summed E-state index contributed by atoms with van der Waals surface area (Å²) >= 11 is 0. The quantitative estimate of drug-likeness (QED) is 0.0346. The monoisotopic (exact) mass is 863 g/mol. The van der Waals surface area contributed by atoms with Gasteiger partial charge in [-0.3, -0.25) is 9.59 Å². The summed E-state index contributed by atoms with van der Waals surface area (Å²) in [5.74, 6) is -0.439. The zero-order valence-corrected chi connectivity index (χ0v) is 40.9. The molecule has 0 rings (SSSR count). The maximum atomic E-state index is 12.7. The van der Waals surface area contributed by atoms with Crippen molar-refractivity contribution >= 4 is 11.9 Å². The van der Waals surface area contributed by atoms with Crippen molar-refractivity contribution < 1.29 is 23.8 Å². The van der Waals surface area contributed by atoms with Gasteiger partial charge in [-0.25, -0.2) is 0 Å². The van der Waals surface area contributed by atoms with Gasteiger partial charge in [-0.2, -0.15) is 0 Å². The van der Waals surface area contributed by atoms with E-state index in [0.29, 0.717) is 19.4 Å². The first-order chi connectivity index (χ1) is 30.6. The minimum Gasteiger partial charge on any atom is -0.462 e. The number of hydrogen-bond acceptors (Lipinski definition) is 5. The Bertz CT molecular complexity index is 1160. The lowest BCUT2D eigenvalue weighted by Gasteiger charge is -2.18. The van der Waals surface area contributed by atoms with Gasteiger partial charge in [0, 0.05) is 19.4 Å². The fourth-order valence-electron chi connectivity index (χ4n) is 7.04. The SMILES string of the molecule is CC/C=C\C/C=C\C/C=C\C/C=C\C/C=C\CCCCCC(=O)OCC(COCCCCCCCCCC/C=C\C/C=C\CCCCC)OC(=O)CCCCCCCCCCC. The van der Waals surface area contributed by atoms with Crippen LogP contribution < -0.4 is 0 Å². The lowest BCUT2D eigenvalue weighted by Crippen LogP contribution is -2.30. The van der Waals surface area contributed by atoms with E-state index in [1.54, 1.807) is 0 Å². The van der Waals surface area contributed by atoms with Crippen molar-refractivity contribution in [3.05, 3.63) is 85.1 Å². The van der Waals surface area contributed by atoms with Gasteiger partial charge >= 0.3 is 11.9 Å².